The molecule has 7 nitrogen and oxygen atoms in total. The van der Waals surface area contributed by atoms with E-state index in [2.05, 4.69) is 22.2 Å². The van der Waals surface area contributed by atoms with Crippen LogP contribution in [-0.2, 0) is 16.1 Å². The molecular weight excluding hydrogens is 384 g/mol. The van der Waals surface area contributed by atoms with E-state index in [0.29, 0.717) is 28.5 Å². The Morgan fingerprint density at radius 3 is 2.74 bits per heavy atom. The Kier molecular flexibility index (Phi) is 7.20. The number of nitrogens with zero attached hydrogens (tertiary/aromatic N) is 2. The number of hydrogen-bond acceptors (Lipinski definition) is 6. The monoisotopic (exact) mass is 408 g/mol. The third-order valence-corrected chi connectivity index (χ3v) is 6.10. The zero-order valence-corrected chi connectivity index (χ0v) is 17.6. The van der Waals surface area contributed by atoms with Gasteiger partial charge >= 0.3 is 0 Å². The summed E-state index contributed by atoms with van der Waals surface area (Å²) < 4.78 is 1.53. The van der Waals surface area contributed by atoms with Crippen LogP contribution in [0, 0.1) is 13.8 Å². The molecule has 2 aromatic rings. The summed E-state index contributed by atoms with van der Waals surface area (Å²) >= 11 is 2.64. The van der Waals surface area contributed by atoms with E-state index in [-0.39, 0.29) is 23.1 Å². The van der Waals surface area contributed by atoms with Crippen LogP contribution in [-0.4, -0.2) is 39.7 Å². The average molecular weight is 409 g/mol. The lowest BCUT2D eigenvalue weighted by Crippen LogP contribution is -2.45. The highest BCUT2D eigenvalue weighted by atomic mass is 32.2. The first kappa shape index (κ1) is 21.2. The summed E-state index contributed by atoms with van der Waals surface area (Å²) in [6.07, 6.45) is 1.63. The number of carbonyl (C=O) groups excluding carboxylic acids is 2. The fourth-order valence-electron chi connectivity index (χ4n) is 2.52. The van der Waals surface area contributed by atoms with Crippen molar-refractivity contribution in [1.82, 2.24) is 20.2 Å². The standard InChI is InChI=1S/C18H24N4O3S2/c1-6-8-22-17(25)14-10(3)12(5)27-16(14)21-18(22)26-9-13(23)20-11(4)15(24)19-7-2/h6,11H,1,7-9H2,2-5H3,(H,19,24)(H,20,23)/t11-/m1/s1. The minimum atomic E-state index is -0.619. The van der Waals surface area contributed by atoms with Gasteiger partial charge in [-0.1, -0.05) is 17.8 Å². The van der Waals surface area contributed by atoms with Crippen molar-refractivity contribution < 1.29 is 9.59 Å². The first-order valence-corrected chi connectivity index (χ1v) is 10.4. The summed E-state index contributed by atoms with van der Waals surface area (Å²) in [7, 11) is 0. The van der Waals surface area contributed by atoms with Gasteiger partial charge in [0.1, 0.15) is 10.9 Å². The second-order valence-corrected chi connectivity index (χ2v) is 8.18. The molecule has 0 aliphatic carbocycles. The molecule has 0 aliphatic heterocycles. The molecule has 2 heterocycles. The number of aromatic nitrogens is 2. The van der Waals surface area contributed by atoms with Gasteiger partial charge in [-0.15, -0.1) is 17.9 Å². The van der Waals surface area contributed by atoms with Crippen molar-refractivity contribution >= 4 is 45.1 Å². The number of carbonyl (C=O) groups is 2. The fourth-order valence-corrected chi connectivity index (χ4v) is 4.41. The Labute approximate surface area is 166 Å². The summed E-state index contributed by atoms with van der Waals surface area (Å²) in [6.45, 7) is 11.8. The lowest BCUT2D eigenvalue weighted by molar-refractivity contribution is -0.127. The van der Waals surface area contributed by atoms with Crippen molar-refractivity contribution in [2.24, 2.45) is 0 Å². The van der Waals surface area contributed by atoms with Crippen LogP contribution in [0.1, 0.15) is 24.3 Å². The highest BCUT2D eigenvalue weighted by Gasteiger charge is 2.18. The highest BCUT2D eigenvalue weighted by molar-refractivity contribution is 7.99. The number of amides is 2. The molecule has 2 N–H and O–H groups in total. The maximum atomic E-state index is 12.9. The number of thiophene rings is 1. The van der Waals surface area contributed by atoms with Crippen molar-refractivity contribution in [2.45, 2.75) is 45.4 Å². The Morgan fingerprint density at radius 2 is 2.11 bits per heavy atom. The minimum Gasteiger partial charge on any atom is -0.355 e. The van der Waals surface area contributed by atoms with Gasteiger partial charge in [0.05, 0.1) is 11.1 Å². The normalized spacial score (nSPS) is 12.0. The molecule has 9 heteroatoms. The van der Waals surface area contributed by atoms with Gasteiger partial charge in [-0.3, -0.25) is 19.0 Å². The summed E-state index contributed by atoms with van der Waals surface area (Å²) in [5.74, 6) is -0.470. The van der Waals surface area contributed by atoms with Crippen LogP contribution >= 0.6 is 23.1 Å². The van der Waals surface area contributed by atoms with E-state index >= 15 is 0 Å². The molecule has 0 aliphatic rings. The molecule has 146 valence electrons. The largest absolute Gasteiger partial charge is 0.355 e. The first-order chi connectivity index (χ1) is 12.8. The van der Waals surface area contributed by atoms with Crippen LogP contribution in [0.15, 0.2) is 22.6 Å². The number of likely N-dealkylation sites (N-methyl/N-ethyl adjacent to an activating group) is 1. The molecule has 2 amide bonds. The first-order valence-electron chi connectivity index (χ1n) is 8.61. The van der Waals surface area contributed by atoms with Crippen LogP contribution in [0.4, 0.5) is 0 Å². The third-order valence-electron chi connectivity index (χ3n) is 4.02. The molecule has 27 heavy (non-hydrogen) atoms. The second-order valence-electron chi connectivity index (χ2n) is 6.03. The summed E-state index contributed by atoms with van der Waals surface area (Å²) in [5, 5.41) is 6.39. The Hall–Kier alpha value is -2.13. The van der Waals surface area contributed by atoms with E-state index in [1.165, 1.54) is 27.7 Å². The topological polar surface area (TPSA) is 93.1 Å². The number of hydrogen-bond donors (Lipinski definition) is 2. The predicted molar refractivity (Wildman–Crippen MR) is 111 cm³/mol. The van der Waals surface area contributed by atoms with Crippen LogP contribution < -0.4 is 16.2 Å². The van der Waals surface area contributed by atoms with Gasteiger partial charge in [0.2, 0.25) is 11.8 Å². The summed E-state index contributed by atoms with van der Waals surface area (Å²) in [5.41, 5.74) is 0.815. The quantitative estimate of drug-likeness (QED) is 0.396. The van der Waals surface area contributed by atoms with Gasteiger partial charge in [0.15, 0.2) is 5.16 Å². The molecule has 1 atom stereocenters. The second kappa shape index (κ2) is 9.18. The van der Waals surface area contributed by atoms with Crippen molar-refractivity contribution in [2.75, 3.05) is 12.3 Å². The zero-order valence-electron chi connectivity index (χ0n) is 15.9. The average Bonchev–Trinajstić information content (AvgIpc) is 2.90. The van der Waals surface area contributed by atoms with Crippen LogP contribution in [0.25, 0.3) is 10.2 Å². The smallest absolute Gasteiger partial charge is 0.263 e. The van der Waals surface area contributed by atoms with Crippen molar-refractivity contribution in [3.05, 3.63) is 33.4 Å². The molecule has 0 radical (unpaired) electrons. The predicted octanol–water partition coefficient (Wildman–Crippen LogP) is 1.99. The van der Waals surface area contributed by atoms with Gasteiger partial charge in [-0.05, 0) is 33.3 Å². The number of aryl methyl sites for hydroxylation is 2. The molecule has 2 aromatic heterocycles. The SMILES string of the molecule is C=CCn1c(SCC(=O)N[C@H](C)C(=O)NCC)nc2sc(C)c(C)c2c1=O. The number of allylic oxidation sites excluding steroid dienone is 1. The van der Waals surface area contributed by atoms with E-state index in [4.69, 9.17) is 0 Å². The molecule has 0 bridgehead atoms. The van der Waals surface area contributed by atoms with E-state index < -0.39 is 6.04 Å². The van der Waals surface area contributed by atoms with E-state index in [1.807, 2.05) is 20.8 Å². The maximum absolute atomic E-state index is 12.9. The van der Waals surface area contributed by atoms with Crippen LogP contribution in [0.2, 0.25) is 0 Å². The lowest BCUT2D eigenvalue weighted by Gasteiger charge is -2.14. The molecule has 0 fully saturated rings. The van der Waals surface area contributed by atoms with Crippen LogP contribution in [0.5, 0.6) is 0 Å². The fraction of sp³-hybridized carbons (Fsp3) is 0.444. The molecule has 2 rings (SSSR count). The van der Waals surface area contributed by atoms with Crippen LogP contribution in [0.3, 0.4) is 0 Å². The Bertz CT molecular complexity index is 933. The van der Waals surface area contributed by atoms with Gasteiger partial charge in [0, 0.05) is 18.0 Å². The maximum Gasteiger partial charge on any atom is 0.263 e. The summed E-state index contributed by atoms with van der Waals surface area (Å²) in [4.78, 5) is 43.1. The molecule has 0 saturated heterocycles. The van der Waals surface area contributed by atoms with Crippen molar-refractivity contribution in [3.63, 3.8) is 0 Å². The molecule has 0 saturated carbocycles. The number of fused-ring (bicyclic) bond motifs is 1. The highest BCUT2D eigenvalue weighted by Crippen LogP contribution is 2.28. The summed E-state index contributed by atoms with van der Waals surface area (Å²) in [6, 6.07) is -0.619. The zero-order chi connectivity index (χ0) is 20.1. The molecule has 0 spiro atoms. The molecule has 0 aromatic carbocycles. The van der Waals surface area contributed by atoms with Crippen molar-refractivity contribution in [3.8, 4) is 0 Å². The van der Waals surface area contributed by atoms with Crippen molar-refractivity contribution in [1.29, 1.82) is 0 Å². The number of thioether (sulfide) groups is 1. The van der Waals surface area contributed by atoms with Gasteiger partial charge in [-0.2, -0.15) is 0 Å². The van der Waals surface area contributed by atoms with Gasteiger partial charge in [-0.25, -0.2) is 4.98 Å². The Morgan fingerprint density at radius 1 is 1.41 bits per heavy atom. The number of rotatable bonds is 8. The van der Waals surface area contributed by atoms with E-state index in [9.17, 15) is 14.4 Å². The molecule has 0 unspecified atom stereocenters. The Balaban J connectivity index is 2.21. The van der Waals surface area contributed by atoms with Gasteiger partial charge < -0.3 is 10.6 Å². The number of nitrogens with one attached hydrogen (secondary N) is 2. The molecular formula is C18H24N4O3S2. The minimum absolute atomic E-state index is 0.0577. The third kappa shape index (κ3) is 4.78. The van der Waals surface area contributed by atoms with Gasteiger partial charge in [0.25, 0.3) is 5.56 Å². The van der Waals surface area contributed by atoms with E-state index in [1.54, 1.807) is 13.0 Å². The lowest BCUT2D eigenvalue weighted by atomic mass is 10.2. The van der Waals surface area contributed by atoms with E-state index in [0.717, 1.165) is 10.4 Å².